The zero-order valence-electron chi connectivity index (χ0n) is 27.5. The largest absolute Gasteiger partial charge is 0.491 e. The van der Waals surface area contributed by atoms with Crippen LogP contribution >= 0.6 is 23.2 Å². The van der Waals surface area contributed by atoms with Crippen molar-refractivity contribution >= 4 is 34.6 Å². The number of hydrogen-bond donors (Lipinski definition) is 0. The third-order valence-electron chi connectivity index (χ3n) is 9.13. The van der Waals surface area contributed by atoms with E-state index in [-0.39, 0.29) is 43.4 Å². The number of piperazine rings is 1. The maximum absolute atomic E-state index is 15.3. The van der Waals surface area contributed by atoms with Crippen LogP contribution in [-0.4, -0.2) is 80.1 Å². The highest BCUT2D eigenvalue weighted by Crippen LogP contribution is 2.40. The van der Waals surface area contributed by atoms with Crippen LogP contribution in [0.4, 0.5) is 15.8 Å². The number of aromatic nitrogens is 7. The topological polar surface area (TPSA) is 118 Å². The average Bonchev–Trinajstić information content (AvgIpc) is 3.88. The Hall–Kier alpha value is -4.50. The van der Waals surface area contributed by atoms with Crippen LogP contribution in [0.15, 0.2) is 78.1 Å². The highest BCUT2D eigenvalue weighted by Gasteiger charge is 2.46. The Labute approximate surface area is 297 Å². The molecule has 7 rings (SSSR count). The van der Waals surface area contributed by atoms with Crippen molar-refractivity contribution in [2.24, 2.45) is 0 Å². The molecule has 0 amide bonds. The van der Waals surface area contributed by atoms with E-state index in [4.69, 9.17) is 37.4 Å². The molecule has 0 saturated carbocycles. The predicted octanol–water partition coefficient (Wildman–Crippen LogP) is 5.11. The first-order valence-corrected chi connectivity index (χ1v) is 17.2. The van der Waals surface area contributed by atoms with Crippen molar-refractivity contribution in [1.82, 2.24) is 34.6 Å². The lowest BCUT2D eigenvalue weighted by atomic mass is 10.1. The van der Waals surface area contributed by atoms with Crippen LogP contribution in [-0.2, 0) is 21.8 Å². The summed E-state index contributed by atoms with van der Waals surface area (Å²) in [5.74, 6) is -0.908. The van der Waals surface area contributed by atoms with Crippen molar-refractivity contribution < 1.29 is 18.6 Å². The second-order valence-electron chi connectivity index (χ2n) is 12.3. The molecule has 2 aliphatic rings. The number of halogens is 3. The summed E-state index contributed by atoms with van der Waals surface area (Å²) in [5, 5.41) is 16.5. The van der Waals surface area contributed by atoms with Gasteiger partial charge in [0.1, 0.15) is 43.5 Å². The predicted molar refractivity (Wildman–Crippen MR) is 186 cm³/mol. The second-order valence-corrected chi connectivity index (χ2v) is 13.2. The molecule has 0 spiro atoms. The van der Waals surface area contributed by atoms with E-state index < -0.39 is 5.79 Å². The number of ether oxygens (including phenoxy) is 3. The van der Waals surface area contributed by atoms with Gasteiger partial charge in [-0.15, -0.1) is 5.10 Å². The van der Waals surface area contributed by atoms with Crippen molar-refractivity contribution in [2.75, 3.05) is 49.2 Å². The van der Waals surface area contributed by atoms with E-state index in [1.165, 1.54) is 32.7 Å². The molecule has 3 atom stereocenters. The van der Waals surface area contributed by atoms with Crippen LogP contribution in [0.2, 0.25) is 10.0 Å². The fraction of sp³-hybridized carbons (Fsp3) is 0.382. The first-order valence-electron chi connectivity index (χ1n) is 16.4. The zero-order valence-corrected chi connectivity index (χ0v) is 29.0. The van der Waals surface area contributed by atoms with Crippen LogP contribution in [0.1, 0.15) is 31.9 Å². The molecule has 0 N–H and O–H groups in total. The van der Waals surface area contributed by atoms with Gasteiger partial charge in [0, 0.05) is 48.5 Å². The quantitative estimate of drug-likeness (QED) is 0.182. The molecule has 50 heavy (non-hydrogen) atoms. The van der Waals surface area contributed by atoms with Gasteiger partial charge in [-0.25, -0.2) is 23.1 Å². The standard InChI is InChI=1S/C34H36Cl2FN9O4/c1-3-23(2)46-33(47)45(22-39-46)26-7-11-32(31(37)17-26)43-14-12-42(13-15-43)25-5-8-27(9-6-25)48-18-28-19-49-34(50-28,20-44-21-38-40-41-44)29-10-4-24(35)16-30(29)36/h4-11,16-17,21-23,28H,3,12-15,18-20H2,1-2H3/t23-,28+,34+/m0/s1. The summed E-state index contributed by atoms with van der Waals surface area (Å²) in [5.41, 5.74) is 2.35. The lowest BCUT2D eigenvalue weighted by molar-refractivity contribution is -0.190. The molecule has 13 nitrogen and oxygen atoms in total. The Bertz CT molecular complexity index is 1980. The first-order chi connectivity index (χ1) is 24.2. The lowest BCUT2D eigenvalue weighted by Crippen LogP contribution is -2.46. The van der Waals surface area contributed by atoms with Gasteiger partial charge in [-0.3, -0.25) is 0 Å². The van der Waals surface area contributed by atoms with E-state index in [1.807, 2.05) is 43.0 Å². The summed E-state index contributed by atoms with van der Waals surface area (Å²) < 4.78 is 38.4. The molecule has 2 saturated heterocycles. The lowest BCUT2D eigenvalue weighted by Gasteiger charge is -2.37. The highest BCUT2D eigenvalue weighted by molar-refractivity contribution is 6.35. The minimum Gasteiger partial charge on any atom is -0.491 e. The van der Waals surface area contributed by atoms with Gasteiger partial charge >= 0.3 is 5.69 Å². The molecule has 262 valence electrons. The van der Waals surface area contributed by atoms with Crippen LogP contribution in [0, 0.1) is 5.82 Å². The van der Waals surface area contributed by atoms with Crippen molar-refractivity contribution in [3.05, 3.63) is 105 Å². The first kappa shape index (κ1) is 34.0. The SMILES string of the molecule is CC[C@H](C)n1ncn(-c2ccc(N3CCN(c4ccc(OC[C@@H]5CO[C@@](Cn6cnnn6)(c6ccc(Cl)cc6Cl)O5)cc4)CC3)c(F)c2)c1=O. The molecule has 2 aliphatic heterocycles. The number of tetrazole rings is 1. The maximum Gasteiger partial charge on any atom is 0.350 e. The minimum absolute atomic E-state index is 0.0345. The van der Waals surface area contributed by atoms with Gasteiger partial charge in [-0.2, -0.15) is 5.10 Å². The molecule has 2 aromatic heterocycles. The summed E-state index contributed by atoms with van der Waals surface area (Å²) in [7, 11) is 0. The van der Waals surface area contributed by atoms with Crippen LogP contribution in [0.3, 0.4) is 0 Å². The average molecular weight is 725 g/mol. The number of anilines is 2. The minimum atomic E-state index is -1.22. The molecule has 0 unspecified atom stereocenters. The number of hydrogen-bond acceptors (Lipinski definition) is 10. The van der Waals surface area contributed by atoms with Crippen LogP contribution in [0.25, 0.3) is 5.69 Å². The summed E-state index contributed by atoms with van der Waals surface area (Å²) in [4.78, 5) is 17.1. The van der Waals surface area contributed by atoms with E-state index in [1.54, 1.807) is 30.3 Å². The molecule has 16 heteroatoms. The van der Waals surface area contributed by atoms with Gasteiger partial charge in [-0.1, -0.05) is 36.2 Å². The second kappa shape index (κ2) is 14.4. The summed E-state index contributed by atoms with van der Waals surface area (Å²) in [6.07, 6.45) is 3.31. The summed E-state index contributed by atoms with van der Waals surface area (Å²) in [6, 6.07) is 17.9. The molecule has 5 aromatic rings. The highest BCUT2D eigenvalue weighted by atomic mass is 35.5. The molecule has 0 bridgehead atoms. The van der Waals surface area contributed by atoms with Gasteiger partial charge in [-0.05, 0) is 72.3 Å². The smallest absolute Gasteiger partial charge is 0.350 e. The Balaban J connectivity index is 0.939. The summed E-state index contributed by atoms with van der Waals surface area (Å²) >= 11 is 12.7. The number of benzene rings is 3. The summed E-state index contributed by atoms with van der Waals surface area (Å²) in [6.45, 7) is 7.34. The van der Waals surface area contributed by atoms with E-state index in [2.05, 4.69) is 25.5 Å². The van der Waals surface area contributed by atoms with E-state index in [9.17, 15) is 4.79 Å². The fourth-order valence-electron chi connectivity index (χ4n) is 6.24. The monoisotopic (exact) mass is 723 g/mol. The van der Waals surface area contributed by atoms with Crippen molar-refractivity contribution in [3.8, 4) is 11.4 Å². The molecule has 0 aliphatic carbocycles. The van der Waals surface area contributed by atoms with Gasteiger partial charge in [0.25, 0.3) is 0 Å². The molecule has 3 aromatic carbocycles. The van der Waals surface area contributed by atoms with Crippen LogP contribution in [0.5, 0.6) is 5.75 Å². The number of nitrogens with zero attached hydrogens (tertiary/aromatic N) is 9. The van der Waals surface area contributed by atoms with Gasteiger partial charge in [0.2, 0.25) is 5.79 Å². The Morgan fingerprint density at radius 3 is 2.46 bits per heavy atom. The van der Waals surface area contributed by atoms with Gasteiger partial charge in [0.05, 0.1) is 29.0 Å². The van der Waals surface area contributed by atoms with Crippen molar-refractivity contribution in [2.45, 2.75) is 44.7 Å². The van der Waals surface area contributed by atoms with E-state index >= 15 is 4.39 Å². The Morgan fingerprint density at radius 2 is 1.76 bits per heavy atom. The van der Waals surface area contributed by atoms with Gasteiger partial charge in [0.15, 0.2) is 0 Å². The normalized spacial score (nSPS) is 20.0. The van der Waals surface area contributed by atoms with Gasteiger partial charge < -0.3 is 24.0 Å². The Morgan fingerprint density at radius 1 is 1.00 bits per heavy atom. The fourth-order valence-corrected chi connectivity index (χ4v) is 6.79. The Kier molecular flexibility index (Phi) is 9.78. The molecule has 0 radical (unpaired) electrons. The molecule has 4 heterocycles. The molecular formula is C34H36Cl2FN9O4. The third kappa shape index (κ3) is 6.93. The number of rotatable bonds is 11. The maximum atomic E-state index is 15.3. The van der Waals surface area contributed by atoms with E-state index in [0.717, 1.165) is 12.1 Å². The van der Waals surface area contributed by atoms with Crippen molar-refractivity contribution in [3.63, 3.8) is 0 Å². The van der Waals surface area contributed by atoms with E-state index in [0.29, 0.717) is 58.9 Å². The molecule has 2 fully saturated rings. The molecular weight excluding hydrogens is 688 g/mol. The van der Waals surface area contributed by atoms with Crippen molar-refractivity contribution in [1.29, 1.82) is 0 Å². The zero-order chi connectivity index (χ0) is 34.8. The third-order valence-corrected chi connectivity index (χ3v) is 9.68. The van der Waals surface area contributed by atoms with Crippen LogP contribution < -0.4 is 20.2 Å².